The molecule has 2 heteroatoms. The molecule has 0 aliphatic heterocycles. The highest BCUT2D eigenvalue weighted by Gasteiger charge is 2.30. The van der Waals surface area contributed by atoms with E-state index < -0.39 is 0 Å². The molecule has 0 bridgehead atoms. The molecule has 0 aromatic rings. The van der Waals surface area contributed by atoms with Gasteiger partial charge in [-0.25, -0.2) is 0 Å². The zero-order chi connectivity index (χ0) is 9.68. The molecule has 1 nitrogen and oxygen atoms in total. The number of nitrogens with one attached hydrogen (secondary N) is 1. The van der Waals surface area contributed by atoms with Crippen LogP contribution >= 0.6 is 11.8 Å². The maximum atomic E-state index is 3.60. The van der Waals surface area contributed by atoms with Crippen molar-refractivity contribution in [2.24, 2.45) is 5.92 Å². The van der Waals surface area contributed by atoms with Gasteiger partial charge in [0, 0.05) is 17.0 Å². The summed E-state index contributed by atoms with van der Waals surface area (Å²) >= 11 is 2.13. The fraction of sp³-hybridized carbons (Fsp3) is 1.00. The molecule has 0 radical (unpaired) electrons. The number of hydrogen-bond acceptors (Lipinski definition) is 2. The van der Waals surface area contributed by atoms with Gasteiger partial charge in [0.05, 0.1) is 0 Å². The van der Waals surface area contributed by atoms with Gasteiger partial charge in [0.15, 0.2) is 0 Å². The van der Waals surface area contributed by atoms with Crippen molar-refractivity contribution in [3.05, 3.63) is 0 Å². The Hall–Kier alpha value is 0.310. The molecule has 1 saturated carbocycles. The highest BCUT2D eigenvalue weighted by molar-refractivity contribution is 7.99. The molecule has 2 unspecified atom stereocenters. The summed E-state index contributed by atoms with van der Waals surface area (Å²) in [4.78, 5) is 0. The van der Waals surface area contributed by atoms with Crippen LogP contribution in [0.25, 0.3) is 0 Å². The third-order valence-electron chi connectivity index (χ3n) is 2.79. The quantitative estimate of drug-likeness (QED) is 0.680. The van der Waals surface area contributed by atoms with Crippen molar-refractivity contribution in [3.8, 4) is 0 Å². The minimum atomic E-state index is 0.795. The normalized spacial score (nSPS) is 21.5. The van der Waals surface area contributed by atoms with E-state index in [1.807, 2.05) is 0 Å². The van der Waals surface area contributed by atoms with Crippen molar-refractivity contribution in [2.75, 3.05) is 12.3 Å². The van der Waals surface area contributed by atoms with Crippen LogP contribution in [0, 0.1) is 5.92 Å². The first-order chi connectivity index (χ1) is 6.27. The third kappa shape index (κ3) is 4.37. The highest BCUT2D eigenvalue weighted by Crippen LogP contribution is 2.34. The summed E-state index contributed by atoms with van der Waals surface area (Å²) in [5.41, 5.74) is 0. The molecule has 13 heavy (non-hydrogen) atoms. The molecular formula is C11H23NS. The first kappa shape index (κ1) is 11.4. The van der Waals surface area contributed by atoms with Crippen molar-refractivity contribution >= 4 is 11.8 Å². The van der Waals surface area contributed by atoms with Gasteiger partial charge in [-0.05, 0) is 31.7 Å². The van der Waals surface area contributed by atoms with Gasteiger partial charge < -0.3 is 5.32 Å². The second kappa shape index (κ2) is 5.92. The summed E-state index contributed by atoms with van der Waals surface area (Å²) in [5.74, 6) is 2.31. The Morgan fingerprint density at radius 3 is 2.54 bits per heavy atom. The lowest BCUT2D eigenvalue weighted by Crippen LogP contribution is -2.33. The number of thioether (sulfide) groups is 1. The Morgan fingerprint density at radius 1 is 1.38 bits per heavy atom. The standard InChI is InChI=1S/C11H23NS/c1-4-9(3)13-8-11(12-5-2)10-6-7-10/h9-12H,4-8H2,1-3H3. The topological polar surface area (TPSA) is 12.0 Å². The van der Waals surface area contributed by atoms with E-state index in [4.69, 9.17) is 0 Å². The lowest BCUT2D eigenvalue weighted by Gasteiger charge is -2.18. The average Bonchev–Trinajstić information content (AvgIpc) is 2.94. The van der Waals surface area contributed by atoms with Crippen molar-refractivity contribution in [1.82, 2.24) is 5.32 Å². The zero-order valence-electron chi connectivity index (χ0n) is 9.18. The Labute approximate surface area is 87.1 Å². The Balaban J connectivity index is 2.14. The van der Waals surface area contributed by atoms with Crippen molar-refractivity contribution in [1.29, 1.82) is 0 Å². The molecular weight excluding hydrogens is 178 g/mol. The van der Waals surface area contributed by atoms with Gasteiger partial charge in [0.1, 0.15) is 0 Å². The Bertz CT molecular complexity index is 134. The molecule has 2 atom stereocenters. The minimum absolute atomic E-state index is 0.795. The van der Waals surface area contributed by atoms with Gasteiger partial charge in [0.25, 0.3) is 0 Å². The van der Waals surface area contributed by atoms with Gasteiger partial charge in [-0.15, -0.1) is 0 Å². The summed E-state index contributed by atoms with van der Waals surface area (Å²) in [7, 11) is 0. The fourth-order valence-electron chi connectivity index (χ4n) is 1.51. The molecule has 0 spiro atoms. The van der Waals surface area contributed by atoms with Crippen LogP contribution in [0.3, 0.4) is 0 Å². The number of rotatable bonds is 7. The van der Waals surface area contributed by atoms with Crippen LogP contribution in [-0.4, -0.2) is 23.6 Å². The van der Waals surface area contributed by atoms with Crippen LogP contribution in [0.1, 0.15) is 40.0 Å². The van der Waals surface area contributed by atoms with Crippen molar-refractivity contribution < 1.29 is 0 Å². The van der Waals surface area contributed by atoms with E-state index in [1.165, 1.54) is 25.0 Å². The van der Waals surface area contributed by atoms with Crippen LogP contribution < -0.4 is 5.32 Å². The molecule has 1 rings (SSSR count). The van der Waals surface area contributed by atoms with E-state index in [-0.39, 0.29) is 0 Å². The van der Waals surface area contributed by atoms with E-state index in [1.54, 1.807) is 0 Å². The van der Waals surface area contributed by atoms with Crippen LogP contribution in [-0.2, 0) is 0 Å². The van der Waals surface area contributed by atoms with Gasteiger partial charge in [-0.1, -0.05) is 20.8 Å². The third-order valence-corrected chi connectivity index (χ3v) is 4.25. The first-order valence-corrected chi connectivity index (χ1v) is 6.67. The lowest BCUT2D eigenvalue weighted by molar-refractivity contribution is 0.519. The second-order valence-electron chi connectivity index (χ2n) is 4.05. The fourth-order valence-corrected chi connectivity index (χ4v) is 2.67. The molecule has 1 fully saturated rings. The monoisotopic (exact) mass is 201 g/mol. The zero-order valence-corrected chi connectivity index (χ0v) is 9.99. The van der Waals surface area contributed by atoms with Crippen LogP contribution in [0.4, 0.5) is 0 Å². The van der Waals surface area contributed by atoms with E-state index in [2.05, 4.69) is 37.8 Å². The van der Waals surface area contributed by atoms with Crippen LogP contribution in [0.5, 0.6) is 0 Å². The summed E-state index contributed by atoms with van der Waals surface area (Å²) in [6.07, 6.45) is 4.21. The molecule has 0 heterocycles. The molecule has 1 aliphatic rings. The van der Waals surface area contributed by atoms with E-state index >= 15 is 0 Å². The molecule has 1 aliphatic carbocycles. The molecule has 78 valence electrons. The molecule has 0 saturated heterocycles. The first-order valence-electron chi connectivity index (χ1n) is 5.62. The maximum Gasteiger partial charge on any atom is 0.0186 e. The summed E-state index contributed by atoms with van der Waals surface area (Å²) in [5, 5.41) is 4.44. The van der Waals surface area contributed by atoms with E-state index in [0.29, 0.717) is 0 Å². The van der Waals surface area contributed by atoms with Gasteiger partial charge in [0.2, 0.25) is 0 Å². The summed E-state index contributed by atoms with van der Waals surface area (Å²) in [6.45, 7) is 7.95. The molecule has 0 aromatic carbocycles. The SMILES string of the molecule is CCNC(CSC(C)CC)C1CC1. The maximum absolute atomic E-state index is 3.60. The Morgan fingerprint density at radius 2 is 2.08 bits per heavy atom. The highest BCUT2D eigenvalue weighted by atomic mass is 32.2. The van der Waals surface area contributed by atoms with E-state index in [9.17, 15) is 0 Å². The molecule has 0 aromatic heterocycles. The van der Waals surface area contributed by atoms with E-state index in [0.717, 1.165) is 23.8 Å². The smallest absolute Gasteiger partial charge is 0.0186 e. The minimum Gasteiger partial charge on any atom is -0.313 e. The van der Waals surface area contributed by atoms with Gasteiger partial charge in [-0.2, -0.15) is 11.8 Å². The predicted molar refractivity (Wildman–Crippen MR) is 62.4 cm³/mol. The second-order valence-corrected chi connectivity index (χ2v) is 5.53. The average molecular weight is 201 g/mol. The van der Waals surface area contributed by atoms with Crippen LogP contribution in [0.15, 0.2) is 0 Å². The largest absolute Gasteiger partial charge is 0.313 e. The van der Waals surface area contributed by atoms with Crippen molar-refractivity contribution in [2.45, 2.75) is 51.3 Å². The summed E-state index contributed by atoms with van der Waals surface area (Å²) < 4.78 is 0. The lowest BCUT2D eigenvalue weighted by atomic mass is 10.2. The van der Waals surface area contributed by atoms with Crippen LogP contribution in [0.2, 0.25) is 0 Å². The van der Waals surface area contributed by atoms with Crippen molar-refractivity contribution in [3.63, 3.8) is 0 Å². The molecule has 1 N–H and O–H groups in total. The van der Waals surface area contributed by atoms with Gasteiger partial charge in [-0.3, -0.25) is 0 Å². The molecule has 0 amide bonds. The Kier molecular flexibility index (Phi) is 5.18. The predicted octanol–water partition coefficient (Wildman–Crippen LogP) is 2.91. The van der Waals surface area contributed by atoms with Gasteiger partial charge >= 0.3 is 0 Å². The number of hydrogen-bond donors (Lipinski definition) is 1. The summed E-state index contributed by atoms with van der Waals surface area (Å²) in [6, 6.07) is 0.795.